The first kappa shape index (κ1) is 19.0. The molecule has 2 aromatic carbocycles. The number of hydrogen-bond acceptors (Lipinski definition) is 3. The second-order valence-electron chi connectivity index (χ2n) is 5.17. The standard InChI is InChI=1S/C18H22N4OS2/c1-3-13-5-7-14(8-6-13)19-17(24)21-22-18(25)20-15-9-11-16(12-10-15)23-4-2/h5-12H,3-4H2,1-2H3,(H2,19,21,24)(H2,20,22,25). The summed E-state index contributed by atoms with van der Waals surface area (Å²) in [5.41, 5.74) is 8.76. The molecule has 0 fully saturated rings. The van der Waals surface area contributed by atoms with E-state index >= 15 is 0 Å². The molecule has 0 saturated heterocycles. The predicted octanol–water partition coefficient (Wildman–Crippen LogP) is 3.84. The molecule has 0 heterocycles. The van der Waals surface area contributed by atoms with Crippen molar-refractivity contribution < 1.29 is 4.74 Å². The number of hydrazine groups is 1. The van der Waals surface area contributed by atoms with Gasteiger partial charge in [0.2, 0.25) is 0 Å². The van der Waals surface area contributed by atoms with Crippen LogP contribution in [0.5, 0.6) is 5.75 Å². The molecule has 0 aliphatic rings. The molecule has 132 valence electrons. The fourth-order valence-electron chi connectivity index (χ4n) is 2.06. The van der Waals surface area contributed by atoms with Crippen molar-refractivity contribution in [1.82, 2.24) is 10.9 Å². The molecule has 0 aromatic heterocycles. The number of anilines is 2. The van der Waals surface area contributed by atoms with Gasteiger partial charge in [0.25, 0.3) is 0 Å². The maximum atomic E-state index is 5.40. The highest BCUT2D eigenvalue weighted by Crippen LogP contribution is 2.15. The van der Waals surface area contributed by atoms with Crippen LogP contribution < -0.4 is 26.2 Å². The fraction of sp³-hybridized carbons (Fsp3) is 0.222. The number of nitrogens with one attached hydrogen (secondary N) is 4. The minimum absolute atomic E-state index is 0.412. The van der Waals surface area contributed by atoms with Gasteiger partial charge in [0.1, 0.15) is 5.75 Å². The molecule has 0 radical (unpaired) electrons. The summed E-state index contributed by atoms with van der Waals surface area (Å²) in [6.45, 7) is 4.71. The Hall–Kier alpha value is -2.38. The molecule has 0 amide bonds. The third-order valence-electron chi connectivity index (χ3n) is 3.33. The van der Waals surface area contributed by atoms with Crippen LogP contribution in [0.25, 0.3) is 0 Å². The molecule has 4 N–H and O–H groups in total. The molecule has 5 nitrogen and oxygen atoms in total. The Morgan fingerprint density at radius 2 is 1.28 bits per heavy atom. The largest absolute Gasteiger partial charge is 0.494 e. The van der Waals surface area contributed by atoms with Gasteiger partial charge in [-0.05, 0) is 79.7 Å². The predicted molar refractivity (Wildman–Crippen MR) is 112 cm³/mol. The Morgan fingerprint density at radius 1 is 0.800 bits per heavy atom. The minimum atomic E-state index is 0.412. The van der Waals surface area contributed by atoms with Crippen molar-refractivity contribution in [3.63, 3.8) is 0 Å². The number of hydrogen-bond donors (Lipinski definition) is 4. The Morgan fingerprint density at radius 3 is 1.72 bits per heavy atom. The smallest absolute Gasteiger partial charge is 0.189 e. The fourth-order valence-corrected chi connectivity index (χ4v) is 2.40. The molecule has 0 spiro atoms. The molecule has 2 rings (SSSR count). The summed E-state index contributed by atoms with van der Waals surface area (Å²) in [5, 5.41) is 6.99. The SMILES string of the molecule is CCOc1ccc(NC(=S)NNC(=S)Nc2ccc(CC)cc2)cc1. The van der Waals surface area contributed by atoms with E-state index in [1.807, 2.05) is 43.3 Å². The quantitative estimate of drug-likeness (QED) is 0.469. The van der Waals surface area contributed by atoms with Crippen molar-refractivity contribution >= 4 is 46.0 Å². The van der Waals surface area contributed by atoms with Crippen LogP contribution in [0.3, 0.4) is 0 Å². The van der Waals surface area contributed by atoms with Crippen LogP contribution in [0, 0.1) is 0 Å². The first-order chi connectivity index (χ1) is 12.1. The average molecular weight is 375 g/mol. The van der Waals surface area contributed by atoms with Crippen molar-refractivity contribution in [3.05, 3.63) is 54.1 Å². The van der Waals surface area contributed by atoms with E-state index in [1.165, 1.54) is 5.56 Å². The van der Waals surface area contributed by atoms with E-state index < -0.39 is 0 Å². The summed E-state index contributed by atoms with van der Waals surface area (Å²) in [7, 11) is 0. The van der Waals surface area contributed by atoms with Crippen LogP contribution in [-0.2, 0) is 6.42 Å². The van der Waals surface area contributed by atoms with Gasteiger partial charge in [0, 0.05) is 11.4 Å². The molecular formula is C18H22N4OS2. The van der Waals surface area contributed by atoms with E-state index in [0.29, 0.717) is 16.8 Å². The molecule has 0 atom stereocenters. The Bertz CT molecular complexity index is 702. The summed E-state index contributed by atoms with van der Waals surface area (Å²) in [5.74, 6) is 0.824. The minimum Gasteiger partial charge on any atom is -0.494 e. The molecule has 7 heteroatoms. The zero-order valence-electron chi connectivity index (χ0n) is 14.3. The Kier molecular flexibility index (Phi) is 7.43. The van der Waals surface area contributed by atoms with E-state index in [9.17, 15) is 0 Å². The maximum Gasteiger partial charge on any atom is 0.189 e. The molecule has 0 saturated carbocycles. The van der Waals surface area contributed by atoms with Crippen molar-refractivity contribution in [3.8, 4) is 5.75 Å². The summed E-state index contributed by atoms with van der Waals surface area (Å²) < 4.78 is 5.40. The summed E-state index contributed by atoms with van der Waals surface area (Å²) in [6, 6.07) is 15.7. The van der Waals surface area contributed by atoms with Gasteiger partial charge in [-0.15, -0.1) is 0 Å². The lowest BCUT2D eigenvalue weighted by molar-refractivity contribution is 0.340. The first-order valence-corrected chi connectivity index (χ1v) is 8.88. The van der Waals surface area contributed by atoms with Crippen molar-refractivity contribution in [2.24, 2.45) is 0 Å². The zero-order valence-corrected chi connectivity index (χ0v) is 15.9. The lowest BCUT2D eigenvalue weighted by atomic mass is 10.1. The molecular weight excluding hydrogens is 352 g/mol. The summed E-state index contributed by atoms with van der Waals surface area (Å²) >= 11 is 10.5. The summed E-state index contributed by atoms with van der Waals surface area (Å²) in [4.78, 5) is 0. The second-order valence-corrected chi connectivity index (χ2v) is 5.98. The Labute approximate surface area is 159 Å². The van der Waals surface area contributed by atoms with Gasteiger partial charge in [-0.1, -0.05) is 19.1 Å². The van der Waals surface area contributed by atoms with Gasteiger partial charge < -0.3 is 15.4 Å². The normalized spacial score (nSPS) is 9.84. The molecule has 25 heavy (non-hydrogen) atoms. The number of ether oxygens (including phenoxy) is 1. The van der Waals surface area contributed by atoms with Crippen LogP contribution in [0.1, 0.15) is 19.4 Å². The average Bonchev–Trinajstić information content (AvgIpc) is 2.62. The third-order valence-corrected chi connectivity index (χ3v) is 3.74. The van der Waals surface area contributed by atoms with Crippen molar-refractivity contribution in [2.45, 2.75) is 20.3 Å². The van der Waals surface area contributed by atoms with Gasteiger partial charge in [-0.2, -0.15) is 0 Å². The van der Waals surface area contributed by atoms with Crippen molar-refractivity contribution in [1.29, 1.82) is 0 Å². The van der Waals surface area contributed by atoms with Crippen LogP contribution >= 0.6 is 24.4 Å². The second kappa shape index (κ2) is 9.80. The highest BCUT2D eigenvalue weighted by molar-refractivity contribution is 7.81. The molecule has 0 aliphatic heterocycles. The van der Waals surface area contributed by atoms with E-state index in [1.54, 1.807) is 0 Å². The lowest BCUT2D eigenvalue weighted by Crippen LogP contribution is -2.45. The van der Waals surface area contributed by atoms with E-state index in [0.717, 1.165) is 23.5 Å². The van der Waals surface area contributed by atoms with Gasteiger partial charge in [0.15, 0.2) is 10.2 Å². The highest BCUT2D eigenvalue weighted by Gasteiger charge is 2.01. The molecule has 2 aromatic rings. The number of aryl methyl sites for hydroxylation is 1. The van der Waals surface area contributed by atoms with E-state index in [4.69, 9.17) is 29.2 Å². The Balaban J connectivity index is 1.75. The van der Waals surface area contributed by atoms with Crippen LogP contribution in [0.15, 0.2) is 48.5 Å². The van der Waals surface area contributed by atoms with Crippen molar-refractivity contribution in [2.75, 3.05) is 17.2 Å². The zero-order chi connectivity index (χ0) is 18.1. The molecule has 0 bridgehead atoms. The molecule has 0 unspecified atom stereocenters. The van der Waals surface area contributed by atoms with E-state index in [2.05, 4.69) is 40.5 Å². The van der Waals surface area contributed by atoms with Crippen LogP contribution in [0.2, 0.25) is 0 Å². The topological polar surface area (TPSA) is 57.4 Å². The monoisotopic (exact) mass is 374 g/mol. The third kappa shape index (κ3) is 6.56. The lowest BCUT2D eigenvalue weighted by Gasteiger charge is -2.14. The highest BCUT2D eigenvalue weighted by atomic mass is 32.1. The van der Waals surface area contributed by atoms with Gasteiger partial charge in [-0.25, -0.2) is 0 Å². The van der Waals surface area contributed by atoms with Gasteiger partial charge >= 0.3 is 0 Å². The number of rotatable bonds is 5. The van der Waals surface area contributed by atoms with Gasteiger partial charge in [-0.3, -0.25) is 10.9 Å². The van der Waals surface area contributed by atoms with Gasteiger partial charge in [0.05, 0.1) is 6.61 Å². The maximum absolute atomic E-state index is 5.40. The number of thiocarbonyl (C=S) groups is 2. The first-order valence-electron chi connectivity index (χ1n) is 8.06. The number of benzene rings is 2. The molecule has 0 aliphatic carbocycles. The van der Waals surface area contributed by atoms with Crippen LogP contribution in [-0.4, -0.2) is 16.8 Å². The van der Waals surface area contributed by atoms with E-state index in [-0.39, 0.29) is 0 Å². The van der Waals surface area contributed by atoms with Crippen LogP contribution in [0.4, 0.5) is 11.4 Å². The summed E-state index contributed by atoms with van der Waals surface area (Å²) in [6.07, 6.45) is 1.01.